The highest BCUT2D eigenvalue weighted by Crippen LogP contribution is 2.25. The Bertz CT molecular complexity index is 726. The number of aromatic nitrogens is 7. The van der Waals surface area contributed by atoms with E-state index < -0.39 is 0 Å². The molecule has 112 valence electrons. The SMILES string of the molecule is N[n+]1ccn[nH]1.[O-]N1ON=C(c2nn[nH]n2)C1=C1N=NN=N1. The third-order valence-electron chi connectivity index (χ3n) is 2.18. The summed E-state index contributed by atoms with van der Waals surface area (Å²) in [6.45, 7) is 0. The fourth-order valence-corrected chi connectivity index (χ4v) is 1.32. The average molecular weight is 306 g/mol. The minimum Gasteiger partial charge on any atom is -0.722 e. The number of nitrogens with zero attached hydrogens (tertiary/aromatic N) is 11. The molecule has 4 rings (SSSR count). The normalized spacial score (nSPS) is 15.7. The minimum atomic E-state index is -0.0774. The van der Waals surface area contributed by atoms with Crippen LogP contribution in [0.4, 0.5) is 0 Å². The summed E-state index contributed by atoms with van der Waals surface area (Å²) >= 11 is 0. The topological polar surface area (TPSA) is 210 Å². The van der Waals surface area contributed by atoms with E-state index in [0.29, 0.717) is 0 Å². The lowest BCUT2D eigenvalue weighted by Gasteiger charge is -2.19. The van der Waals surface area contributed by atoms with Gasteiger partial charge in [-0.25, -0.2) is 5.23 Å². The Hall–Kier alpha value is -3.82. The fraction of sp³-hybridized carbons (Fsp3) is 0. The molecule has 4 heterocycles. The average Bonchev–Trinajstić information content (AvgIpc) is 3.27. The van der Waals surface area contributed by atoms with Crippen molar-refractivity contribution in [3.63, 3.8) is 0 Å². The molecule has 4 N–H and O–H groups in total. The van der Waals surface area contributed by atoms with Gasteiger partial charge in [0.2, 0.25) is 17.8 Å². The number of rotatable bonds is 1. The third-order valence-corrected chi connectivity index (χ3v) is 2.18. The molecule has 22 heavy (non-hydrogen) atoms. The summed E-state index contributed by atoms with van der Waals surface area (Å²) in [7, 11) is 0. The largest absolute Gasteiger partial charge is 0.722 e. The van der Waals surface area contributed by atoms with Crippen molar-refractivity contribution < 1.29 is 9.73 Å². The summed E-state index contributed by atoms with van der Waals surface area (Å²) in [4.78, 5) is 5.66. The van der Waals surface area contributed by atoms with Crippen molar-refractivity contribution >= 4 is 5.71 Å². The summed E-state index contributed by atoms with van der Waals surface area (Å²) < 4.78 is 0. The number of nitrogen functional groups attached to an aromatic ring is 1. The molecule has 2 aliphatic heterocycles. The van der Waals surface area contributed by atoms with E-state index in [0.717, 1.165) is 0 Å². The molecule has 0 aromatic carbocycles. The number of aromatic amines is 2. The highest BCUT2D eigenvalue weighted by Gasteiger charge is 2.29. The molecular weight excluding hydrogens is 300 g/mol. The van der Waals surface area contributed by atoms with Gasteiger partial charge in [0.25, 0.3) is 0 Å². The maximum atomic E-state index is 11.3. The molecule has 0 unspecified atom stereocenters. The number of hydrogen-bond donors (Lipinski definition) is 3. The Balaban J connectivity index is 0.000000202. The van der Waals surface area contributed by atoms with Crippen LogP contribution in [0.1, 0.15) is 5.82 Å². The Kier molecular flexibility index (Phi) is 3.39. The van der Waals surface area contributed by atoms with Crippen LogP contribution in [0.3, 0.4) is 0 Å². The number of nitrogens with two attached hydrogens (primary N) is 1. The number of oxime groups is 1. The smallest absolute Gasteiger partial charge is 0.228 e. The van der Waals surface area contributed by atoms with Crippen molar-refractivity contribution in [2.75, 3.05) is 5.84 Å². The molecule has 0 fully saturated rings. The number of hydroxylamine groups is 2. The van der Waals surface area contributed by atoms with E-state index in [4.69, 9.17) is 5.84 Å². The van der Waals surface area contributed by atoms with Crippen LogP contribution in [-0.4, -0.2) is 41.9 Å². The van der Waals surface area contributed by atoms with E-state index in [1.807, 2.05) is 0 Å². The number of tetrazole rings is 1. The monoisotopic (exact) mass is 306 g/mol. The van der Waals surface area contributed by atoms with Crippen LogP contribution in [0.5, 0.6) is 0 Å². The molecule has 0 atom stereocenters. The second kappa shape index (κ2) is 5.66. The second-order valence-electron chi connectivity index (χ2n) is 3.50. The quantitative estimate of drug-likeness (QED) is 0.397. The first-order valence-electron chi connectivity index (χ1n) is 5.44. The van der Waals surface area contributed by atoms with E-state index >= 15 is 0 Å². The first-order chi connectivity index (χ1) is 10.8. The summed E-state index contributed by atoms with van der Waals surface area (Å²) in [5, 5.41) is 47.2. The van der Waals surface area contributed by atoms with Gasteiger partial charge in [0.15, 0.2) is 11.9 Å². The molecule has 16 heteroatoms. The molecule has 0 amide bonds. The molecular formula is C6H6N14O2. The predicted molar refractivity (Wildman–Crippen MR) is 62.7 cm³/mol. The molecule has 0 saturated heterocycles. The van der Waals surface area contributed by atoms with E-state index in [1.54, 1.807) is 12.4 Å². The molecule has 2 aliphatic rings. The van der Waals surface area contributed by atoms with Crippen LogP contribution in [0, 0.1) is 5.21 Å². The van der Waals surface area contributed by atoms with Crippen LogP contribution in [-0.2, 0) is 4.94 Å². The highest BCUT2D eigenvalue weighted by molar-refractivity contribution is 6.10. The number of H-pyrrole nitrogens is 2. The summed E-state index contributed by atoms with van der Waals surface area (Å²) in [6, 6.07) is 0. The summed E-state index contributed by atoms with van der Waals surface area (Å²) in [5.74, 6) is 5.13. The van der Waals surface area contributed by atoms with Crippen molar-refractivity contribution in [1.29, 1.82) is 0 Å². The molecule has 0 bridgehead atoms. The van der Waals surface area contributed by atoms with Crippen molar-refractivity contribution in [3.05, 3.63) is 34.9 Å². The van der Waals surface area contributed by atoms with Crippen LogP contribution in [0.25, 0.3) is 0 Å². The molecule has 2 aromatic rings. The van der Waals surface area contributed by atoms with Gasteiger partial charge in [0, 0.05) is 5.10 Å². The Labute approximate surface area is 119 Å². The second-order valence-corrected chi connectivity index (χ2v) is 3.50. The Morgan fingerprint density at radius 2 is 2.14 bits per heavy atom. The number of allylic oxidation sites excluding steroid dienone is 1. The van der Waals surface area contributed by atoms with E-state index in [9.17, 15) is 5.21 Å². The van der Waals surface area contributed by atoms with E-state index in [-0.39, 0.29) is 28.3 Å². The Morgan fingerprint density at radius 1 is 1.32 bits per heavy atom. The van der Waals surface area contributed by atoms with Crippen LogP contribution in [0.2, 0.25) is 0 Å². The maximum absolute atomic E-state index is 11.3. The van der Waals surface area contributed by atoms with Crippen molar-refractivity contribution in [3.8, 4) is 0 Å². The van der Waals surface area contributed by atoms with Crippen molar-refractivity contribution in [2.24, 2.45) is 25.8 Å². The lowest BCUT2D eigenvalue weighted by molar-refractivity contribution is -0.700. The van der Waals surface area contributed by atoms with Gasteiger partial charge in [0.1, 0.15) is 5.70 Å². The molecule has 2 aromatic heterocycles. The van der Waals surface area contributed by atoms with Gasteiger partial charge in [-0.15, -0.1) is 20.4 Å². The lowest BCUT2D eigenvalue weighted by Crippen LogP contribution is -2.45. The minimum absolute atomic E-state index is 0.0314. The Morgan fingerprint density at radius 3 is 2.68 bits per heavy atom. The zero-order chi connectivity index (χ0) is 15.4. The summed E-state index contributed by atoms with van der Waals surface area (Å²) in [6.07, 6.45) is 3.18. The van der Waals surface area contributed by atoms with Gasteiger partial charge >= 0.3 is 0 Å². The molecule has 16 nitrogen and oxygen atoms in total. The zero-order valence-electron chi connectivity index (χ0n) is 10.5. The first kappa shape index (κ1) is 13.2. The fourth-order valence-electron chi connectivity index (χ4n) is 1.32. The highest BCUT2D eigenvalue weighted by atomic mass is 17.0. The maximum Gasteiger partial charge on any atom is 0.228 e. The lowest BCUT2D eigenvalue weighted by atomic mass is 10.2. The van der Waals surface area contributed by atoms with Crippen LogP contribution < -0.4 is 10.6 Å². The number of nitrogens with one attached hydrogen (secondary N) is 2. The first-order valence-corrected chi connectivity index (χ1v) is 5.44. The third kappa shape index (κ3) is 2.56. The van der Waals surface area contributed by atoms with Gasteiger partial charge in [0.05, 0.1) is 0 Å². The van der Waals surface area contributed by atoms with Gasteiger partial charge in [-0.05, 0) is 26.0 Å². The molecule has 0 spiro atoms. The standard InChI is InChI=1S/C4HN10O2.C2H4N4/c15-14-2(4-7-12-13-8-4)1(9-16-14)3-5-10-11-6-3;3-6-2-1-4-5-6/h(H,5,6,10,11);1-2H,3H2/q-1;/p+1. The van der Waals surface area contributed by atoms with Gasteiger partial charge in [-0.2, -0.15) is 5.21 Å². The molecule has 0 aliphatic carbocycles. The zero-order valence-corrected chi connectivity index (χ0v) is 10.5. The van der Waals surface area contributed by atoms with E-state index in [1.165, 1.54) is 4.79 Å². The predicted octanol–water partition coefficient (Wildman–Crippen LogP) is -1.94. The van der Waals surface area contributed by atoms with Crippen molar-refractivity contribution in [2.45, 2.75) is 0 Å². The van der Waals surface area contributed by atoms with Crippen LogP contribution >= 0.6 is 0 Å². The van der Waals surface area contributed by atoms with E-state index in [2.05, 4.69) is 61.7 Å². The van der Waals surface area contributed by atoms with Gasteiger partial charge in [-0.1, -0.05) is 4.79 Å². The van der Waals surface area contributed by atoms with Gasteiger partial charge in [-0.3, -0.25) is 10.8 Å². The molecule has 0 saturated carbocycles. The molecule has 0 radical (unpaired) electrons. The van der Waals surface area contributed by atoms with Crippen LogP contribution in [0.15, 0.2) is 49.7 Å². The number of hydrogen-bond acceptors (Lipinski definition) is 13. The summed E-state index contributed by atoms with van der Waals surface area (Å²) in [5.41, 5.74) is -0.0232. The van der Waals surface area contributed by atoms with Crippen molar-refractivity contribution in [1.82, 2.24) is 36.2 Å². The van der Waals surface area contributed by atoms with Gasteiger partial charge < -0.3 is 5.21 Å².